The van der Waals surface area contributed by atoms with E-state index >= 15 is 0 Å². The number of pyridine rings is 1. The summed E-state index contributed by atoms with van der Waals surface area (Å²) in [6.07, 6.45) is 2.15. The van der Waals surface area contributed by atoms with Crippen molar-refractivity contribution in [3.8, 4) is 0 Å². The summed E-state index contributed by atoms with van der Waals surface area (Å²) < 4.78 is 0.968. The lowest BCUT2D eigenvalue weighted by Gasteiger charge is -2.05. The maximum absolute atomic E-state index is 12.4. The van der Waals surface area contributed by atoms with Gasteiger partial charge in [0.1, 0.15) is 0 Å². The minimum Gasteiger partial charge on any atom is -0.294 e. The molecule has 0 aliphatic carbocycles. The molecule has 0 spiro atoms. The normalized spacial score (nSPS) is 10.7. The van der Waals surface area contributed by atoms with Gasteiger partial charge in [-0.1, -0.05) is 40.2 Å². The SMILES string of the molecule is O=C(Cc1ccccc1Br)c1ccc2ncccc2c1. The van der Waals surface area contributed by atoms with Crippen molar-refractivity contribution in [1.82, 2.24) is 4.98 Å². The largest absolute Gasteiger partial charge is 0.294 e. The van der Waals surface area contributed by atoms with E-state index in [1.165, 1.54) is 0 Å². The van der Waals surface area contributed by atoms with Crippen molar-refractivity contribution < 1.29 is 4.79 Å². The Kier molecular flexibility index (Phi) is 3.61. The quantitative estimate of drug-likeness (QED) is 0.667. The number of ketones is 1. The van der Waals surface area contributed by atoms with Crippen LogP contribution in [0.4, 0.5) is 0 Å². The van der Waals surface area contributed by atoms with Gasteiger partial charge >= 0.3 is 0 Å². The first-order chi connectivity index (χ1) is 9.74. The molecule has 0 aliphatic heterocycles. The van der Waals surface area contributed by atoms with Crippen LogP contribution in [0.5, 0.6) is 0 Å². The van der Waals surface area contributed by atoms with Crippen LogP contribution in [0.25, 0.3) is 10.9 Å². The average Bonchev–Trinajstić information content (AvgIpc) is 2.49. The molecule has 0 unspecified atom stereocenters. The molecule has 0 fully saturated rings. The number of nitrogens with zero attached hydrogens (tertiary/aromatic N) is 1. The van der Waals surface area contributed by atoms with Crippen molar-refractivity contribution in [3.63, 3.8) is 0 Å². The van der Waals surface area contributed by atoms with Crippen LogP contribution in [-0.2, 0) is 6.42 Å². The fourth-order valence-corrected chi connectivity index (χ4v) is 2.59. The monoisotopic (exact) mass is 325 g/mol. The molecule has 0 amide bonds. The second-order valence-corrected chi connectivity index (χ2v) is 5.46. The van der Waals surface area contributed by atoms with Crippen LogP contribution < -0.4 is 0 Å². The van der Waals surface area contributed by atoms with Crippen molar-refractivity contribution in [2.45, 2.75) is 6.42 Å². The zero-order valence-electron chi connectivity index (χ0n) is 10.7. The third-order valence-electron chi connectivity index (χ3n) is 3.23. The van der Waals surface area contributed by atoms with Crippen molar-refractivity contribution in [2.24, 2.45) is 0 Å². The second-order valence-electron chi connectivity index (χ2n) is 4.60. The van der Waals surface area contributed by atoms with Gasteiger partial charge < -0.3 is 0 Å². The molecule has 0 N–H and O–H groups in total. The number of hydrogen-bond donors (Lipinski definition) is 0. The molecule has 0 radical (unpaired) electrons. The average molecular weight is 326 g/mol. The summed E-state index contributed by atoms with van der Waals surface area (Å²) >= 11 is 3.47. The standard InChI is InChI=1S/C17H12BrNO/c18-15-6-2-1-4-12(15)11-17(20)14-7-8-16-13(10-14)5-3-9-19-16/h1-10H,11H2. The number of aromatic nitrogens is 1. The maximum atomic E-state index is 12.4. The molecule has 0 saturated carbocycles. The number of rotatable bonds is 3. The molecule has 0 aliphatic rings. The minimum atomic E-state index is 0.114. The Morgan fingerprint density at radius 1 is 1.05 bits per heavy atom. The Bertz CT molecular complexity index is 783. The molecule has 0 atom stereocenters. The number of carbonyl (C=O) groups excluding carboxylic acids is 1. The van der Waals surface area contributed by atoms with E-state index < -0.39 is 0 Å². The molecule has 2 aromatic carbocycles. The molecule has 1 heterocycles. The summed E-state index contributed by atoms with van der Waals surface area (Å²) in [6.45, 7) is 0. The summed E-state index contributed by atoms with van der Waals surface area (Å²) in [7, 11) is 0. The lowest BCUT2D eigenvalue weighted by atomic mass is 10.0. The van der Waals surface area contributed by atoms with Crippen LogP contribution >= 0.6 is 15.9 Å². The van der Waals surface area contributed by atoms with Gasteiger partial charge in [-0.25, -0.2) is 0 Å². The molecule has 3 aromatic rings. The van der Waals surface area contributed by atoms with Crippen LogP contribution in [0, 0.1) is 0 Å². The Morgan fingerprint density at radius 3 is 2.75 bits per heavy atom. The van der Waals surface area contributed by atoms with Gasteiger partial charge in [0.05, 0.1) is 5.52 Å². The van der Waals surface area contributed by atoms with E-state index in [-0.39, 0.29) is 5.78 Å². The molecule has 20 heavy (non-hydrogen) atoms. The van der Waals surface area contributed by atoms with Gasteiger partial charge in [0.15, 0.2) is 5.78 Å². The van der Waals surface area contributed by atoms with Gasteiger partial charge in [-0.2, -0.15) is 0 Å². The fourth-order valence-electron chi connectivity index (χ4n) is 2.17. The smallest absolute Gasteiger partial charge is 0.167 e. The van der Waals surface area contributed by atoms with E-state index in [2.05, 4.69) is 20.9 Å². The third-order valence-corrected chi connectivity index (χ3v) is 4.01. The van der Waals surface area contributed by atoms with E-state index in [1.54, 1.807) is 6.20 Å². The first kappa shape index (κ1) is 13.0. The number of Topliss-reactive ketones (excluding diaryl/α,β-unsaturated/α-hetero) is 1. The first-order valence-electron chi connectivity index (χ1n) is 6.35. The van der Waals surface area contributed by atoms with Crippen LogP contribution in [0.3, 0.4) is 0 Å². The molecule has 3 heteroatoms. The van der Waals surface area contributed by atoms with E-state index in [0.29, 0.717) is 6.42 Å². The maximum Gasteiger partial charge on any atom is 0.167 e. The highest BCUT2D eigenvalue weighted by molar-refractivity contribution is 9.10. The second kappa shape index (κ2) is 5.55. The highest BCUT2D eigenvalue weighted by Crippen LogP contribution is 2.19. The molecule has 2 nitrogen and oxygen atoms in total. The fraction of sp³-hybridized carbons (Fsp3) is 0.0588. The van der Waals surface area contributed by atoms with E-state index in [0.717, 1.165) is 26.5 Å². The number of benzene rings is 2. The van der Waals surface area contributed by atoms with Crippen LogP contribution in [0.1, 0.15) is 15.9 Å². The number of hydrogen-bond acceptors (Lipinski definition) is 2. The summed E-state index contributed by atoms with van der Waals surface area (Å²) in [5.41, 5.74) is 2.63. The van der Waals surface area contributed by atoms with Gasteiger partial charge in [-0.3, -0.25) is 9.78 Å². The van der Waals surface area contributed by atoms with Gasteiger partial charge in [0.25, 0.3) is 0 Å². The molecule has 1 aromatic heterocycles. The van der Waals surface area contributed by atoms with Gasteiger partial charge in [-0.15, -0.1) is 0 Å². The van der Waals surface area contributed by atoms with Gasteiger partial charge in [-0.05, 0) is 35.9 Å². The Morgan fingerprint density at radius 2 is 1.90 bits per heavy atom. The van der Waals surface area contributed by atoms with Crippen molar-refractivity contribution in [2.75, 3.05) is 0 Å². The molecule has 0 saturated heterocycles. The highest BCUT2D eigenvalue weighted by Gasteiger charge is 2.09. The molecule has 3 rings (SSSR count). The predicted octanol–water partition coefficient (Wildman–Crippen LogP) is 4.42. The third kappa shape index (κ3) is 2.63. The number of carbonyl (C=O) groups is 1. The minimum absolute atomic E-state index is 0.114. The zero-order valence-corrected chi connectivity index (χ0v) is 12.3. The Hall–Kier alpha value is -2.00. The lowest BCUT2D eigenvalue weighted by molar-refractivity contribution is 0.0993. The topological polar surface area (TPSA) is 30.0 Å². The summed E-state index contributed by atoms with van der Waals surface area (Å²) in [4.78, 5) is 16.6. The number of halogens is 1. The lowest BCUT2D eigenvalue weighted by Crippen LogP contribution is -2.04. The van der Waals surface area contributed by atoms with Crippen LogP contribution in [0.15, 0.2) is 65.3 Å². The van der Waals surface area contributed by atoms with Crippen molar-refractivity contribution in [1.29, 1.82) is 0 Å². The van der Waals surface area contributed by atoms with Crippen molar-refractivity contribution >= 4 is 32.6 Å². The molecule has 0 bridgehead atoms. The van der Waals surface area contributed by atoms with E-state index in [4.69, 9.17) is 0 Å². The zero-order chi connectivity index (χ0) is 13.9. The Balaban J connectivity index is 1.91. The predicted molar refractivity (Wildman–Crippen MR) is 83.9 cm³/mol. The molecule has 98 valence electrons. The number of fused-ring (bicyclic) bond motifs is 1. The first-order valence-corrected chi connectivity index (χ1v) is 7.15. The van der Waals surface area contributed by atoms with E-state index in [9.17, 15) is 4.79 Å². The van der Waals surface area contributed by atoms with Crippen LogP contribution in [-0.4, -0.2) is 10.8 Å². The summed E-state index contributed by atoms with van der Waals surface area (Å²) in [6, 6.07) is 17.3. The summed E-state index contributed by atoms with van der Waals surface area (Å²) in [5.74, 6) is 0.114. The highest BCUT2D eigenvalue weighted by atomic mass is 79.9. The summed E-state index contributed by atoms with van der Waals surface area (Å²) in [5, 5.41) is 0.991. The molecular formula is C17H12BrNO. The molecular weight excluding hydrogens is 314 g/mol. The van der Waals surface area contributed by atoms with Gasteiger partial charge in [0.2, 0.25) is 0 Å². The Labute approximate surface area is 125 Å². The van der Waals surface area contributed by atoms with Gasteiger partial charge in [0, 0.05) is 28.0 Å². The van der Waals surface area contributed by atoms with Crippen molar-refractivity contribution in [3.05, 3.63) is 76.4 Å². The van der Waals surface area contributed by atoms with Crippen LogP contribution in [0.2, 0.25) is 0 Å². The van der Waals surface area contributed by atoms with E-state index in [1.807, 2.05) is 54.6 Å².